The Labute approximate surface area is 228 Å². The lowest BCUT2D eigenvalue weighted by Crippen LogP contribution is -2.29. The summed E-state index contributed by atoms with van der Waals surface area (Å²) in [4.78, 5) is 18.2. The Morgan fingerprint density at radius 3 is 2.65 bits per heavy atom. The van der Waals surface area contributed by atoms with Crippen LogP contribution in [0, 0.1) is 11.3 Å². The van der Waals surface area contributed by atoms with Crippen LogP contribution in [0.1, 0.15) is 43.3 Å². The van der Waals surface area contributed by atoms with Crippen molar-refractivity contribution in [1.82, 2.24) is 9.66 Å². The fourth-order valence-corrected chi connectivity index (χ4v) is 4.33. The van der Waals surface area contributed by atoms with Crippen molar-refractivity contribution >= 4 is 44.6 Å². The van der Waals surface area contributed by atoms with Gasteiger partial charge in [0.1, 0.15) is 12.4 Å². The summed E-state index contributed by atoms with van der Waals surface area (Å²) in [7, 11) is 1.51. The zero-order valence-corrected chi connectivity index (χ0v) is 23.1. The van der Waals surface area contributed by atoms with Gasteiger partial charge in [-0.05, 0) is 30.3 Å². The molecule has 3 aromatic carbocycles. The highest BCUT2D eigenvalue weighted by Gasteiger charge is 2.23. The third-order valence-electron chi connectivity index (χ3n) is 5.57. The van der Waals surface area contributed by atoms with Gasteiger partial charge < -0.3 is 9.47 Å². The number of benzene rings is 3. The molecule has 0 atom stereocenters. The second-order valence-corrected chi connectivity index (χ2v) is 10.6. The van der Waals surface area contributed by atoms with Gasteiger partial charge in [-0.3, -0.25) is 4.79 Å². The standard InChI is InChI=1S/C28H24BrClN4O3/c1-28(2,3)27-33-23-10-9-20(29)12-22(23)26(35)34(27)32-15-19-11-21(30)13-24(36-4)25(19)37-16-18-8-6-5-7-17(18)14-31/h5-13,15H,16H2,1-4H3. The minimum absolute atomic E-state index is 0.126. The average Bonchev–Trinajstić information content (AvgIpc) is 2.86. The van der Waals surface area contributed by atoms with Crippen LogP contribution >= 0.6 is 27.5 Å². The molecule has 0 unspecified atom stereocenters. The molecule has 0 saturated carbocycles. The highest BCUT2D eigenvalue weighted by atomic mass is 79.9. The summed E-state index contributed by atoms with van der Waals surface area (Å²) in [6, 6.07) is 18.0. The van der Waals surface area contributed by atoms with E-state index in [2.05, 4.69) is 27.1 Å². The first kappa shape index (κ1) is 26.4. The van der Waals surface area contributed by atoms with E-state index < -0.39 is 5.41 Å². The van der Waals surface area contributed by atoms with Gasteiger partial charge in [0.05, 0.1) is 35.9 Å². The van der Waals surface area contributed by atoms with E-state index in [0.717, 1.165) is 10.0 Å². The Morgan fingerprint density at radius 1 is 1.19 bits per heavy atom. The molecule has 0 aliphatic carbocycles. The van der Waals surface area contributed by atoms with Crippen molar-refractivity contribution in [2.45, 2.75) is 32.8 Å². The molecule has 0 spiro atoms. The molecule has 0 saturated heterocycles. The first-order valence-corrected chi connectivity index (χ1v) is 12.5. The zero-order chi connectivity index (χ0) is 26.7. The van der Waals surface area contributed by atoms with E-state index in [-0.39, 0.29) is 12.2 Å². The molecule has 1 aromatic heterocycles. The van der Waals surface area contributed by atoms with Gasteiger partial charge in [0.15, 0.2) is 11.5 Å². The minimum atomic E-state index is -0.468. The van der Waals surface area contributed by atoms with Crippen LogP contribution in [-0.4, -0.2) is 23.0 Å². The molecule has 0 amide bonds. The number of methoxy groups -OCH3 is 1. The van der Waals surface area contributed by atoms with Crippen LogP contribution in [-0.2, 0) is 12.0 Å². The lowest BCUT2D eigenvalue weighted by atomic mass is 9.95. The molecule has 188 valence electrons. The molecule has 4 rings (SSSR count). The van der Waals surface area contributed by atoms with Gasteiger partial charge in [-0.15, -0.1) is 0 Å². The first-order valence-electron chi connectivity index (χ1n) is 11.4. The molecule has 0 N–H and O–H groups in total. The second kappa shape index (κ2) is 10.8. The van der Waals surface area contributed by atoms with E-state index in [0.29, 0.717) is 44.4 Å². The third kappa shape index (κ3) is 5.68. The molecule has 0 aliphatic heterocycles. The van der Waals surface area contributed by atoms with E-state index >= 15 is 0 Å². The fourth-order valence-electron chi connectivity index (χ4n) is 3.76. The van der Waals surface area contributed by atoms with Gasteiger partial charge in [-0.1, -0.05) is 66.5 Å². The summed E-state index contributed by atoms with van der Waals surface area (Å²) in [6.07, 6.45) is 1.50. The summed E-state index contributed by atoms with van der Waals surface area (Å²) in [5, 5.41) is 14.8. The number of hydrogen-bond acceptors (Lipinski definition) is 6. The Hall–Kier alpha value is -3.67. The van der Waals surface area contributed by atoms with Gasteiger partial charge in [-0.2, -0.15) is 15.0 Å². The summed E-state index contributed by atoms with van der Waals surface area (Å²) < 4.78 is 13.7. The van der Waals surface area contributed by atoms with Crippen LogP contribution < -0.4 is 15.0 Å². The largest absolute Gasteiger partial charge is 0.493 e. The van der Waals surface area contributed by atoms with Crippen molar-refractivity contribution < 1.29 is 9.47 Å². The maximum absolute atomic E-state index is 13.5. The van der Waals surface area contributed by atoms with Crippen LogP contribution in [0.15, 0.2) is 69.0 Å². The van der Waals surface area contributed by atoms with E-state index in [1.807, 2.05) is 39.0 Å². The highest BCUT2D eigenvalue weighted by Crippen LogP contribution is 2.35. The van der Waals surface area contributed by atoms with Crippen molar-refractivity contribution in [3.63, 3.8) is 0 Å². The summed E-state index contributed by atoms with van der Waals surface area (Å²) >= 11 is 9.78. The quantitative estimate of drug-likeness (QED) is 0.245. The molecule has 37 heavy (non-hydrogen) atoms. The van der Waals surface area contributed by atoms with Crippen LogP contribution in [0.25, 0.3) is 10.9 Å². The van der Waals surface area contributed by atoms with E-state index in [1.54, 1.807) is 36.4 Å². The maximum Gasteiger partial charge on any atom is 0.282 e. The van der Waals surface area contributed by atoms with Crippen molar-refractivity contribution in [2.75, 3.05) is 7.11 Å². The predicted octanol–water partition coefficient (Wildman–Crippen LogP) is 6.45. The normalized spacial score (nSPS) is 11.6. The first-order chi connectivity index (χ1) is 17.6. The Bertz CT molecular complexity index is 1620. The van der Waals surface area contributed by atoms with Crippen LogP contribution in [0.5, 0.6) is 11.5 Å². The molecular weight excluding hydrogens is 556 g/mol. The monoisotopic (exact) mass is 578 g/mol. The zero-order valence-electron chi connectivity index (χ0n) is 20.8. The summed E-state index contributed by atoms with van der Waals surface area (Å²) in [5.41, 5.74) is 1.56. The Balaban J connectivity index is 1.83. The number of hydrogen-bond donors (Lipinski definition) is 0. The van der Waals surface area contributed by atoms with E-state index in [1.165, 1.54) is 18.0 Å². The lowest BCUT2D eigenvalue weighted by molar-refractivity contribution is 0.284. The summed E-state index contributed by atoms with van der Waals surface area (Å²) in [5.74, 6) is 1.28. The molecule has 1 heterocycles. The molecule has 0 fully saturated rings. The van der Waals surface area contributed by atoms with Gasteiger partial charge >= 0.3 is 0 Å². The van der Waals surface area contributed by atoms with E-state index in [9.17, 15) is 10.1 Å². The number of ether oxygens (including phenoxy) is 2. The molecule has 9 heteroatoms. The topological polar surface area (TPSA) is 89.5 Å². The Morgan fingerprint density at radius 2 is 1.95 bits per heavy atom. The molecular formula is C28H24BrClN4O3. The van der Waals surface area contributed by atoms with Gasteiger partial charge in [0.25, 0.3) is 5.56 Å². The van der Waals surface area contributed by atoms with Gasteiger partial charge in [0, 0.05) is 32.1 Å². The highest BCUT2D eigenvalue weighted by molar-refractivity contribution is 9.10. The van der Waals surface area contributed by atoms with Crippen molar-refractivity contribution in [3.05, 3.63) is 97.0 Å². The molecule has 0 bridgehead atoms. The van der Waals surface area contributed by atoms with Crippen molar-refractivity contribution in [2.24, 2.45) is 5.10 Å². The molecule has 7 nitrogen and oxygen atoms in total. The second-order valence-electron chi connectivity index (χ2n) is 9.29. The van der Waals surface area contributed by atoms with Gasteiger partial charge in [0.2, 0.25) is 0 Å². The maximum atomic E-state index is 13.5. The fraction of sp³-hybridized carbons (Fsp3) is 0.214. The third-order valence-corrected chi connectivity index (χ3v) is 6.28. The van der Waals surface area contributed by atoms with Crippen molar-refractivity contribution in [3.8, 4) is 17.6 Å². The van der Waals surface area contributed by atoms with Crippen LogP contribution in [0.3, 0.4) is 0 Å². The molecule has 4 aromatic rings. The van der Waals surface area contributed by atoms with Crippen LogP contribution in [0.2, 0.25) is 5.02 Å². The minimum Gasteiger partial charge on any atom is -0.493 e. The average molecular weight is 580 g/mol. The van der Waals surface area contributed by atoms with Crippen molar-refractivity contribution in [1.29, 1.82) is 5.26 Å². The number of fused-ring (bicyclic) bond motifs is 1. The number of nitriles is 1. The SMILES string of the molecule is COc1cc(Cl)cc(C=Nn2c(C(C)(C)C)nc3ccc(Br)cc3c2=O)c1OCc1ccccc1C#N. The summed E-state index contributed by atoms with van der Waals surface area (Å²) in [6.45, 7) is 6.03. The van der Waals surface area contributed by atoms with Crippen LogP contribution in [0.4, 0.5) is 0 Å². The van der Waals surface area contributed by atoms with E-state index in [4.69, 9.17) is 26.1 Å². The molecule has 0 radical (unpaired) electrons. The Kier molecular flexibility index (Phi) is 7.67. The number of nitrogens with zero attached hydrogens (tertiary/aromatic N) is 4. The number of halogens is 2. The predicted molar refractivity (Wildman–Crippen MR) is 149 cm³/mol. The smallest absolute Gasteiger partial charge is 0.282 e. The lowest BCUT2D eigenvalue weighted by Gasteiger charge is -2.21. The molecule has 0 aliphatic rings. The number of aromatic nitrogens is 2. The number of rotatable bonds is 6. The van der Waals surface area contributed by atoms with Gasteiger partial charge in [-0.25, -0.2) is 4.98 Å².